The number of hydrogen-bond acceptors (Lipinski definition) is 1. The number of rotatable bonds is 11. The SMILES string of the molecule is CCCC(CCC)C(=O)NC(C)C(CCC)CCC. The highest BCUT2D eigenvalue weighted by Gasteiger charge is 2.22. The second-order valence-corrected chi connectivity index (χ2v) is 5.91. The summed E-state index contributed by atoms with van der Waals surface area (Å²) in [6.45, 7) is 11.0. The molecule has 19 heavy (non-hydrogen) atoms. The number of carbonyl (C=O) groups is 1. The fourth-order valence-electron chi connectivity index (χ4n) is 2.95. The van der Waals surface area contributed by atoms with Gasteiger partial charge in [-0.2, -0.15) is 0 Å². The quantitative estimate of drug-likeness (QED) is 0.566. The van der Waals surface area contributed by atoms with Gasteiger partial charge in [-0.25, -0.2) is 0 Å². The van der Waals surface area contributed by atoms with Crippen LogP contribution in [-0.4, -0.2) is 11.9 Å². The van der Waals surface area contributed by atoms with Crippen molar-refractivity contribution in [2.75, 3.05) is 0 Å². The van der Waals surface area contributed by atoms with E-state index < -0.39 is 0 Å². The van der Waals surface area contributed by atoms with E-state index >= 15 is 0 Å². The lowest BCUT2D eigenvalue weighted by Gasteiger charge is -2.26. The van der Waals surface area contributed by atoms with Crippen molar-refractivity contribution < 1.29 is 4.79 Å². The third-order valence-electron chi connectivity index (χ3n) is 4.04. The minimum absolute atomic E-state index is 0.223. The lowest BCUT2D eigenvalue weighted by atomic mass is 9.90. The van der Waals surface area contributed by atoms with Gasteiger partial charge in [-0.3, -0.25) is 4.79 Å². The Labute approximate surface area is 120 Å². The van der Waals surface area contributed by atoms with Crippen LogP contribution >= 0.6 is 0 Å². The van der Waals surface area contributed by atoms with Crippen LogP contribution in [0.15, 0.2) is 0 Å². The normalized spacial score (nSPS) is 13.0. The van der Waals surface area contributed by atoms with E-state index in [1.807, 2.05) is 0 Å². The first-order chi connectivity index (χ1) is 9.10. The molecule has 1 amide bonds. The molecule has 0 aromatic heterocycles. The lowest BCUT2D eigenvalue weighted by molar-refractivity contribution is -0.126. The molecule has 1 N–H and O–H groups in total. The van der Waals surface area contributed by atoms with Crippen LogP contribution in [0.3, 0.4) is 0 Å². The van der Waals surface area contributed by atoms with Gasteiger partial charge < -0.3 is 5.32 Å². The van der Waals surface area contributed by atoms with Crippen molar-refractivity contribution in [2.45, 2.75) is 92.0 Å². The summed E-state index contributed by atoms with van der Waals surface area (Å²) in [5.74, 6) is 1.15. The van der Waals surface area contributed by atoms with Crippen LogP contribution in [0.2, 0.25) is 0 Å². The summed E-state index contributed by atoms with van der Waals surface area (Å²) >= 11 is 0. The van der Waals surface area contributed by atoms with E-state index in [0.717, 1.165) is 25.7 Å². The first-order valence-electron chi connectivity index (χ1n) is 8.40. The second-order valence-electron chi connectivity index (χ2n) is 5.91. The molecular formula is C17H35NO. The Kier molecular flexibility index (Phi) is 11.0. The van der Waals surface area contributed by atoms with Crippen molar-refractivity contribution in [3.05, 3.63) is 0 Å². The predicted molar refractivity (Wildman–Crippen MR) is 84.2 cm³/mol. The van der Waals surface area contributed by atoms with Gasteiger partial charge in [-0.05, 0) is 38.5 Å². The highest BCUT2D eigenvalue weighted by atomic mass is 16.1. The summed E-state index contributed by atoms with van der Waals surface area (Å²) < 4.78 is 0. The monoisotopic (exact) mass is 269 g/mol. The van der Waals surface area contributed by atoms with Gasteiger partial charge in [0.15, 0.2) is 0 Å². The number of carbonyl (C=O) groups excluding carboxylic acids is 1. The number of hydrogen-bond donors (Lipinski definition) is 1. The number of amides is 1. The molecule has 1 atom stereocenters. The largest absolute Gasteiger partial charge is 0.353 e. The van der Waals surface area contributed by atoms with E-state index in [2.05, 4.69) is 39.9 Å². The maximum absolute atomic E-state index is 12.3. The summed E-state index contributed by atoms with van der Waals surface area (Å²) in [4.78, 5) is 12.3. The van der Waals surface area contributed by atoms with Gasteiger partial charge in [0.25, 0.3) is 0 Å². The van der Waals surface area contributed by atoms with Crippen molar-refractivity contribution in [2.24, 2.45) is 11.8 Å². The zero-order valence-corrected chi connectivity index (χ0v) is 13.8. The molecule has 0 saturated carbocycles. The molecule has 0 saturated heterocycles. The van der Waals surface area contributed by atoms with Gasteiger partial charge in [0.2, 0.25) is 5.91 Å². The molecule has 0 rings (SSSR count). The maximum atomic E-state index is 12.3. The highest BCUT2D eigenvalue weighted by molar-refractivity contribution is 5.78. The molecule has 0 radical (unpaired) electrons. The average molecular weight is 269 g/mol. The Bertz CT molecular complexity index is 215. The van der Waals surface area contributed by atoms with Crippen molar-refractivity contribution in [3.8, 4) is 0 Å². The van der Waals surface area contributed by atoms with Gasteiger partial charge in [0.05, 0.1) is 0 Å². The molecule has 0 aromatic rings. The Hall–Kier alpha value is -0.530. The van der Waals surface area contributed by atoms with E-state index in [1.165, 1.54) is 25.7 Å². The Morgan fingerprint density at radius 3 is 1.63 bits per heavy atom. The molecule has 0 aliphatic carbocycles. The lowest BCUT2D eigenvalue weighted by Crippen LogP contribution is -2.41. The van der Waals surface area contributed by atoms with E-state index in [-0.39, 0.29) is 11.8 Å². The molecule has 0 aromatic carbocycles. The van der Waals surface area contributed by atoms with Crippen molar-refractivity contribution >= 4 is 5.91 Å². The second kappa shape index (κ2) is 11.3. The molecule has 2 heteroatoms. The van der Waals surface area contributed by atoms with Crippen LogP contribution in [0.4, 0.5) is 0 Å². The van der Waals surface area contributed by atoms with E-state index in [0.29, 0.717) is 12.0 Å². The van der Waals surface area contributed by atoms with Crippen molar-refractivity contribution in [1.29, 1.82) is 0 Å². The molecule has 2 nitrogen and oxygen atoms in total. The van der Waals surface area contributed by atoms with Crippen LogP contribution in [0.1, 0.15) is 86.0 Å². The summed E-state index contributed by atoms with van der Waals surface area (Å²) in [7, 11) is 0. The topological polar surface area (TPSA) is 29.1 Å². The Morgan fingerprint density at radius 1 is 0.842 bits per heavy atom. The van der Waals surface area contributed by atoms with Gasteiger partial charge in [-0.15, -0.1) is 0 Å². The molecule has 0 aliphatic rings. The van der Waals surface area contributed by atoms with E-state index in [4.69, 9.17) is 0 Å². The molecule has 114 valence electrons. The van der Waals surface area contributed by atoms with Crippen LogP contribution in [0, 0.1) is 11.8 Å². The van der Waals surface area contributed by atoms with Crippen LogP contribution < -0.4 is 5.32 Å². The van der Waals surface area contributed by atoms with Gasteiger partial charge in [-0.1, -0.05) is 53.4 Å². The predicted octanol–water partition coefficient (Wildman–Crippen LogP) is 4.92. The standard InChI is InChI=1S/C17H35NO/c1-6-10-15(11-7-2)14(5)18-17(19)16(12-8-3)13-9-4/h14-16H,6-13H2,1-5H3,(H,18,19). The van der Waals surface area contributed by atoms with Gasteiger partial charge in [0, 0.05) is 12.0 Å². The summed E-state index contributed by atoms with van der Waals surface area (Å²) in [6, 6.07) is 0.323. The summed E-state index contributed by atoms with van der Waals surface area (Å²) in [5.41, 5.74) is 0. The molecule has 0 heterocycles. The number of nitrogens with one attached hydrogen (secondary N) is 1. The zero-order valence-electron chi connectivity index (χ0n) is 13.8. The third-order valence-corrected chi connectivity index (χ3v) is 4.04. The summed E-state index contributed by atoms with van der Waals surface area (Å²) in [6.07, 6.45) is 9.11. The molecule has 1 unspecified atom stereocenters. The molecule has 0 fully saturated rings. The summed E-state index contributed by atoms with van der Waals surface area (Å²) in [5, 5.41) is 3.28. The molecule has 0 spiro atoms. The fraction of sp³-hybridized carbons (Fsp3) is 0.941. The minimum Gasteiger partial charge on any atom is -0.353 e. The Morgan fingerprint density at radius 2 is 1.26 bits per heavy atom. The van der Waals surface area contributed by atoms with Crippen molar-refractivity contribution in [1.82, 2.24) is 5.32 Å². The van der Waals surface area contributed by atoms with E-state index in [9.17, 15) is 4.79 Å². The third kappa shape index (κ3) is 7.59. The minimum atomic E-state index is 0.223. The van der Waals surface area contributed by atoms with Crippen LogP contribution in [-0.2, 0) is 4.79 Å². The first kappa shape index (κ1) is 18.5. The van der Waals surface area contributed by atoms with Gasteiger partial charge in [0.1, 0.15) is 0 Å². The molecular weight excluding hydrogens is 234 g/mol. The average Bonchev–Trinajstić information content (AvgIpc) is 2.38. The van der Waals surface area contributed by atoms with Crippen LogP contribution in [0.25, 0.3) is 0 Å². The highest BCUT2D eigenvalue weighted by Crippen LogP contribution is 2.19. The van der Waals surface area contributed by atoms with E-state index in [1.54, 1.807) is 0 Å². The molecule has 0 bridgehead atoms. The Balaban J connectivity index is 4.39. The molecule has 0 aliphatic heterocycles. The van der Waals surface area contributed by atoms with Gasteiger partial charge >= 0.3 is 0 Å². The zero-order chi connectivity index (χ0) is 14.7. The van der Waals surface area contributed by atoms with Crippen molar-refractivity contribution in [3.63, 3.8) is 0 Å². The van der Waals surface area contributed by atoms with Crippen LogP contribution in [0.5, 0.6) is 0 Å². The maximum Gasteiger partial charge on any atom is 0.223 e. The fourth-order valence-corrected chi connectivity index (χ4v) is 2.95. The smallest absolute Gasteiger partial charge is 0.223 e. The first-order valence-corrected chi connectivity index (χ1v) is 8.40.